The summed E-state index contributed by atoms with van der Waals surface area (Å²) in [6, 6.07) is 1.65. The molecule has 5 nitrogen and oxygen atoms in total. The zero-order valence-electron chi connectivity index (χ0n) is 10.6. The van der Waals surface area contributed by atoms with Crippen molar-refractivity contribution in [1.29, 1.82) is 0 Å². The standard InChI is InChI=1S/C12H16ClN3O2S/c1-16(4-2-11(14)19)12(17)3-5-18-10-6-9(13)7-15-8-10/h6-8H,2-5H2,1H3,(H2,14,19). The van der Waals surface area contributed by atoms with E-state index in [1.54, 1.807) is 24.2 Å². The highest BCUT2D eigenvalue weighted by Crippen LogP contribution is 2.15. The largest absolute Gasteiger partial charge is 0.491 e. The van der Waals surface area contributed by atoms with Gasteiger partial charge in [-0.1, -0.05) is 23.8 Å². The van der Waals surface area contributed by atoms with E-state index in [0.29, 0.717) is 28.7 Å². The molecule has 0 saturated carbocycles. The van der Waals surface area contributed by atoms with Crippen LogP contribution < -0.4 is 10.5 Å². The summed E-state index contributed by atoms with van der Waals surface area (Å²) in [6.07, 6.45) is 3.87. The van der Waals surface area contributed by atoms with Crippen LogP contribution in [0.4, 0.5) is 0 Å². The fraction of sp³-hybridized carbons (Fsp3) is 0.417. The van der Waals surface area contributed by atoms with Crippen LogP contribution in [0.2, 0.25) is 5.02 Å². The van der Waals surface area contributed by atoms with Gasteiger partial charge in [0.25, 0.3) is 0 Å². The third-order valence-electron chi connectivity index (χ3n) is 2.38. The lowest BCUT2D eigenvalue weighted by molar-refractivity contribution is -0.130. The number of nitrogens with two attached hydrogens (primary N) is 1. The summed E-state index contributed by atoms with van der Waals surface area (Å²) in [7, 11) is 1.71. The first-order valence-corrected chi connectivity index (χ1v) is 6.53. The minimum atomic E-state index is -0.0220. The maximum Gasteiger partial charge on any atom is 0.225 e. The van der Waals surface area contributed by atoms with E-state index in [0.717, 1.165) is 0 Å². The topological polar surface area (TPSA) is 68.5 Å². The first kappa shape index (κ1) is 15.7. The monoisotopic (exact) mass is 301 g/mol. The van der Waals surface area contributed by atoms with Crippen LogP contribution in [-0.4, -0.2) is 41.0 Å². The van der Waals surface area contributed by atoms with Gasteiger partial charge in [0, 0.05) is 32.3 Å². The van der Waals surface area contributed by atoms with Gasteiger partial charge in [0.1, 0.15) is 5.75 Å². The van der Waals surface area contributed by atoms with E-state index < -0.39 is 0 Å². The lowest BCUT2D eigenvalue weighted by atomic mass is 10.3. The molecule has 0 saturated heterocycles. The maximum atomic E-state index is 11.7. The molecule has 0 aliphatic rings. The molecule has 0 aliphatic heterocycles. The van der Waals surface area contributed by atoms with Gasteiger partial charge < -0.3 is 15.4 Å². The van der Waals surface area contributed by atoms with Crippen molar-refractivity contribution in [3.8, 4) is 5.75 Å². The summed E-state index contributed by atoms with van der Waals surface area (Å²) in [5.74, 6) is 0.525. The van der Waals surface area contributed by atoms with Crippen LogP contribution in [0.5, 0.6) is 5.75 Å². The van der Waals surface area contributed by atoms with Gasteiger partial charge in [0.2, 0.25) is 5.91 Å². The molecule has 0 aliphatic carbocycles. The minimum absolute atomic E-state index is 0.0220. The van der Waals surface area contributed by atoms with Gasteiger partial charge in [0.15, 0.2) is 0 Å². The van der Waals surface area contributed by atoms with E-state index in [2.05, 4.69) is 4.98 Å². The molecule has 1 amide bonds. The summed E-state index contributed by atoms with van der Waals surface area (Å²) in [4.78, 5) is 17.6. The molecule has 0 radical (unpaired) electrons. The zero-order chi connectivity index (χ0) is 14.3. The molecule has 7 heteroatoms. The Hall–Kier alpha value is -1.40. The van der Waals surface area contributed by atoms with Crippen molar-refractivity contribution in [1.82, 2.24) is 9.88 Å². The molecule has 0 bridgehead atoms. The Morgan fingerprint density at radius 2 is 2.26 bits per heavy atom. The number of pyridine rings is 1. The molecule has 0 atom stereocenters. The molecule has 0 aromatic carbocycles. The average molecular weight is 302 g/mol. The maximum absolute atomic E-state index is 11.7. The van der Waals surface area contributed by atoms with Crippen LogP contribution in [0, 0.1) is 0 Å². The quantitative estimate of drug-likeness (QED) is 0.775. The zero-order valence-corrected chi connectivity index (χ0v) is 12.2. The third kappa shape index (κ3) is 6.35. The lowest BCUT2D eigenvalue weighted by Gasteiger charge is -2.16. The van der Waals surface area contributed by atoms with Gasteiger partial charge >= 0.3 is 0 Å². The number of carbonyl (C=O) groups excluding carboxylic acids is 1. The van der Waals surface area contributed by atoms with E-state index in [4.69, 9.17) is 34.3 Å². The number of halogens is 1. The SMILES string of the molecule is CN(CCC(N)=S)C(=O)CCOc1cncc(Cl)c1. The van der Waals surface area contributed by atoms with Crippen molar-refractivity contribution in [2.75, 3.05) is 20.2 Å². The second kappa shape index (κ2) is 7.91. The normalized spacial score (nSPS) is 10.0. The van der Waals surface area contributed by atoms with E-state index >= 15 is 0 Å². The van der Waals surface area contributed by atoms with Crippen LogP contribution in [0.15, 0.2) is 18.5 Å². The smallest absolute Gasteiger partial charge is 0.225 e. The summed E-state index contributed by atoms with van der Waals surface area (Å²) >= 11 is 10.5. The molecule has 19 heavy (non-hydrogen) atoms. The van der Waals surface area contributed by atoms with Gasteiger partial charge in [-0.3, -0.25) is 9.78 Å². The van der Waals surface area contributed by atoms with Crippen LogP contribution in [0.25, 0.3) is 0 Å². The van der Waals surface area contributed by atoms with Crippen molar-refractivity contribution in [3.05, 3.63) is 23.5 Å². The molecule has 1 aromatic heterocycles. The Morgan fingerprint density at radius 3 is 2.89 bits per heavy atom. The molecular weight excluding hydrogens is 286 g/mol. The van der Waals surface area contributed by atoms with Gasteiger partial charge in [-0.05, 0) is 0 Å². The molecule has 104 valence electrons. The number of hydrogen-bond donors (Lipinski definition) is 1. The summed E-state index contributed by atoms with van der Waals surface area (Å²) in [5, 5.41) is 0.498. The number of carbonyl (C=O) groups is 1. The first-order valence-electron chi connectivity index (χ1n) is 5.74. The fourth-order valence-electron chi connectivity index (χ4n) is 1.32. The Kier molecular flexibility index (Phi) is 6.52. The molecular formula is C12H16ClN3O2S. The number of thiocarbonyl (C=S) groups is 1. The Morgan fingerprint density at radius 1 is 1.53 bits per heavy atom. The van der Waals surface area contributed by atoms with Crippen molar-refractivity contribution in [2.45, 2.75) is 12.8 Å². The van der Waals surface area contributed by atoms with Crippen LogP contribution in [0.3, 0.4) is 0 Å². The van der Waals surface area contributed by atoms with E-state index in [-0.39, 0.29) is 18.9 Å². The number of aromatic nitrogens is 1. The van der Waals surface area contributed by atoms with Crippen molar-refractivity contribution in [2.24, 2.45) is 5.73 Å². The Balaban J connectivity index is 2.28. The molecule has 0 fully saturated rings. The van der Waals surface area contributed by atoms with Crippen molar-refractivity contribution < 1.29 is 9.53 Å². The number of amides is 1. The van der Waals surface area contributed by atoms with Gasteiger partial charge in [-0.15, -0.1) is 0 Å². The molecule has 0 unspecified atom stereocenters. The molecule has 2 N–H and O–H groups in total. The Labute approximate surface area is 122 Å². The lowest BCUT2D eigenvalue weighted by Crippen LogP contribution is -2.30. The molecule has 1 aromatic rings. The summed E-state index contributed by atoms with van der Waals surface area (Å²) in [6.45, 7) is 0.797. The highest BCUT2D eigenvalue weighted by atomic mass is 35.5. The van der Waals surface area contributed by atoms with E-state index in [9.17, 15) is 4.79 Å². The van der Waals surface area contributed by atoms with Gasteiger partial charge in [-0.2, -0.15) is 0 Å². The number of hydrogen-bond acceptors (Lipinski definition) is 4. The van der Waals surface area contributed by atoms with E-state index in [1.165, 1.54) is 6.20 Å². The molecule has 1 heterocycles. The van der Waals surface area contributed by atoms with Crippen LogP contribution >= 0.6 is 23.8 Å². The number of nitrogens with zero attached hydrogens (tertiary/aromatic N) is 2. The van der Waals surface area contributed by atoms with E-state index in [1.807, 2.05) is 0 Å². The number of ether oxygens (including phenoxy) is 1. The van der Waals surface area contributed by atoms with Gasteiger partial charge in [0.05, 0.1) is 29.2 Å². The van der Waals surface area contributed by atoms with Crippen molar-refractivity contribution >= 4 is 34.7 Å². The predicted octanol–water partition coefficient (Wildman–Crippen LogP) is 1.64. The Bertz CT molecular complexity index is 456. The summed E-state index contributed by atoms with van der Waals surface area (Å²) < 4.78 is 5.39. The fourth-order valence-corrected chi connectivity index (χ4v) is 1.58. The van der Waals surface area contributed by atoms with Gasteiger partial charge in [-0.25, -0.2) is 0 Å². The van der Waals surface area contributed by atoms with Crippen LogP contribution in [-0.2, 0) is 4.79 Å². The molecule has 1 rings (SSSR count). The molecule has 0 spiro atoms. The summed E-state index contributed by atoms with van der Waals surface area (Å²) in [5.41, 5.74) is 5.38. The highest BCUT2D eigenvalue weighted by Gasteiger charge is 2.09. The predicted molar refractivity (Wildman–Crippen MR) is 78.4 cm³/mol. The number of rotatable bonds is 7. The average Bonchev–Trinajstić information content (AvgIpc) is 2.35. The second-order valence-electron chi connectivity index (χ2n) is 3.97. The second-order valence-corrected chi connectivity index (χ2v) is 4.93. The van der Waals surface area contributed by atoms with Crippen LogP contribution in [0.1, 0.15) is 12.8 Å². The highest BCUT2D eigenvalue weighted by molar-refractivity contribution is 7.80. The van der Waals surface area contributed by atoms with Crippen molar-refractivity contribution in [3.63, 3.8) is 0 Å². The minimum Gasteiger partial charge on any atom is -0.491 e. The third-order valence-corrected chi connectivity index (χ3v) is 2.79. The first-order chi connectivity index (χ1) is 8.99.